The number of likely N-dealkylation sites (tertiary alicyclic amines) is 1. The minimum absolute atomic E-state index is 0.110. The molecule has 0 saturated carbocycles. The van der Waals surface area contributed by atoms with Crippen molar-refractivity contribution in [3.63, 3.8) is 0 Å². The third-order valence-corrected chi connectivity index (χ3v) is 5.51. The van der Waals surface area contributed by atoms with Crippen LogP contribution in [-0.4, -0.2) is 36.5 Å². The Labute approximate surface area is 164 Å². The van der Waals surface area contributed by atoms with Gasteiger partial charge in [-0.2, -0.15) is 0 Å². The summed E-state index contributed by atoms with van der Waals surface area (Å²) in [5, 5.41) is 3.19. The Morgan fingerprint density at radius 2 is 1.77 bits per heavy atom. The average molecular weight is 413 g/mol. The maximum atomic E-state index is 12.3. The molecule has 2 aromatic carbocycles. The van der Waals surface area contributed by atoms with E-state index in [1.807, 2.05) is 30.3 Å². The van der Waals surface area contributed by atoms with E-state index in [1.165, 1.54) is 5.56 Å². The van der Waals surface area contributed by atoms with Gasteiger partial charge in [0, 0.05) is 30.1 Å². The lowest BCUT2D eigenvalue weighted by Crippen LogP contribution is -2.45. The van der Waals surface area contributed by atoms with E-state index >= 15 is 0 Å². The Morgan fingerprint density at radius 3 is 2.50 bits per heavy atom. The second kappa shape index (κ2) is 9.70. The van der Waals surface area contributed by atoms with Crippen molar-refractivity contribution in [1.29, 1.82) is 0 Å². The molecule has 1 heterocycles. The topological polar surface area (TPSA) is 32.3 Å². The fourth-order valence-electron chi connectivity index (χ4n) is 3.26. The van der Waals surface area contributed by atoms with Gasteiger partial charge in [-0.25, -0.2) is 0 Å². The zero-order valence-corrected chi connectivity index (χ0v) is 16.5. The van der Waals surface area contributed by atoms with Crippen LogP contribution in [0.1, 0.15) is 24.0 Å². The predicted molar refractivity (Wildman–Crippen MR) is 111 cm³/mol. The van der Waals surface area contributed by atoms with Crippen molar-refractivity contribution in [3.8, 4) is 0 Å². The van der Waals surface area contributed by atoms with Crippen molar-refractivity contribution >= 4 is 27.9 Å². The first-order chi connectivity index (χ1) is 12.7. The molecule has 1 saturated heterocycles. The third-order valence-electron chi connectivity index (χ3n) is 4.74. The minimum Gasteiger partial charge on any atom is -0.353 e. The molecule has 4 heteroatoms. The number of rotatable bonds is 6. The Kier molecular flexibility index (Phi) is 7.04. The van der Waals surface area contributed by atoms with Crippen LogP contribution >= 0.6 is 15.9 Å². The van der Waals surface area contributed by atoms with Crippen LogP contribution in [0.15, 0.2) is 65.1 Å². The summed E-state index contributed by atoms with van der Waals surface area (Å²) < 4.78 is 0.996. The van der Waals surface area contributed by atoms with Crippen LogP contribution in [0.25, 0.3) is 6.08 Å². The number of nitrogens with zero attached hydrogens (tertiary/aromatic N) is 1. The maximum absolute atomic E-state index is 12.3. The van der Waals surface area contributed by atoms with E-state index in [0.717, 1.165) is 42.5 Å². The molecule has 1 aliphatic rings. The van der Waals surface area contributed by atoms with Crippen LogP contribution in [0.4, 0.5) is 0 Å². The Morgan fingerprint density at radius 1 is 1.08 bits per heavy atom. The van der Waals surface area contributed by atoms with E-state index in [0.29, 0.717) is 12.5 Å². The minimum atomic E-state index is 0.110. The molecule has 0 aliphatic carbocycles. The number of carbonyl (C=O) groups is 1. The van der Waals surface area contributed by atoms with Gasteiger partial charge in [-0.3, -0.25) is 9.69 Å². The van der Waals surface area contributed by atoms with Gasteiger partial charge in [0.15, 0.2) is 0 Å². The van der Waals surface area contributed by atoms with Crippen molar-refractivity contribution in [2.24, 2.45) is 0 Å². The first-order valence-electron chi connectivity index (χ1n) is 9.17. The summed E-state index contributed by atoms with van der Waals surface area (Å²) in [6.45, 7) is 3.02. The zero-order chi connectivity index (χ0) is 18.2. The number of nitrogens with one attached hydrogen (secondary N) is 1. The second-order valence-electron chi connectivity index (χ2n) is 6.72. The van der Waals surface area contributed by atoms with Gasteiger partial charge in [-0.15, -0.1) is 0 Å². The molecule has 3 nitrogen and oxygen atoms in total. The SMILES string of the molecule is O=C(Cc1ccccc1Br)NC1CCN(C/C=C/c2ccccc2)CC1. The van der Waals surface area contributed by atoms with Gasteiger partial charge < -0.3 is 5.32 Å². The fraction of sp³-hybridized carbons (Fsp3) is 0.318. The first kappa shape index (κ1) is 18.9. The average Bonchev–Trinajstić information content (AvgIpc) is 2.66. The van der Waals surface area contributed by atoms with Gasteiger partial charge in [0.1, 0.15) is 0 Å². The molecule has 3 rings (SSSR count). The van der Waals surface area contributed by atoms with Crippen LogP contribution in [0.5, 0.6) is 0 Å². The Hall–Kier alpha value is -1.91. The monoisotopic (exact) mass is 412 g/mol. The molecule has 2 aromatic rings. The molecule has 1 N–H and O–H groups in total. The number of carbonyl (C=O) groups excluding carboxylic acids is 1. The largest absolute Gasteiger partial charge is 0.353 e. The van der Waals surface area contributed by atoms with E-state index in [2.05, 4.69) is 62.6 Å². The van der Waals surface area contributed by atoms with Crippen LogP contribution in [0, 0.1) is 0 Å². The summed E-state index contributed by atoms with van der Waals surface area (Å²) in [7, 11) is 0. The number of piperidine rings is 1. The smallest absolute Gasteiger partial charge is 0.224 e. The first-order valence-corrected chi connectivity index (χ1v) is 9.97. The summed E-state index contributed by atoms with van der Waals surface area (Å²) in [4.78, 5) is 14.7. The number of hydrogen-bond donors (Lipinski definition) is 1. The molecule has 0 atom stereocenters. The molecule has 0 spiro atoms. The Balaban J connectivity index is 1.39. The standard InChI is InChI=1S/C22H25BrN2O/c23-21-11-5-4-10-19(21)17-22(26)24-20-12-15-25(16-13-20)14-6-9-18-7-2-1-3-8-18/h1-11,20H,12-17H2,(H,24,26)/b9-6+. The number of hydrogen-bond acceptors (Lipinski definition) is 2. The number of halogens is 1. The molecule has 1 amide bonds. The molecule has 0 bridgehead atoms. The highest BCUT2D eigenvalue weighted by molar-refractivity contribution is 9.10. The molecular formula is C22H25BrN2O. The fourth-order valence-corrected chi connectivity index (χ4v) is 3.68. The molecule has 136 valence electrons. The second-order valence-corrected chi connectivity index (χ2v) is 7.58. The number of amides is 1. The lowest BCUT2D eigenvalue weighted by Gasteiger charge is -2.31. The highest BCUT2D eigenvalue weighted by Gasteiger charge is 2.20. The van der Waals surface area contributed by atoms with Gasteiger partial charge in [-0.1, -0.05) is 76.6 Å². The molecule has 0 unspecified atom stereocenters. The van der Waals surface area contributed by atoms with Gasteiger partial charge in [-0.05, 0) is 30.0 Å². The summed E-state index contributed by atoms with van der Waals surface area (Å²) in [5.74, 6) is 0.110. The predicted octanol–water partition coefficient (Wildman–Crippen LogP) is 4.29. The van der Waals surface area contributed by atoms with E-state index < -0.39 is 0 Å². The molecular weight excluding hydrogens is 388 g/mol. The normalized spacial score (nSPS) is 16.0. The highest BCUT2D eigenvalue weighted by atomic mass is 79.9. The molecule has 0 aromatic heterocycles. The van der Waals surface area contributed by atoms with E-state index in [1.54, 1.807) is 0 Å². The van der Waals surface area contributed by atoms with Crippen LogP contribution in [-0.2, 0) is 11.2 Å². The van der Waals surface area contributed by atoms with Gasteiger partial charge in [0.2, 0.25) is 5.91 Å². The van der Waals surface area contributed by atoms with Crippen LogP contribution in [0.3, 0.4) is 0 Å². The van der Waals surface area contributed by atoms with E-state index in [4.69, 9.17) is 0 Å². The lowest BCUT2D eigenvalue weighted by molar-refractivity contribution is -0.121. The van der Waals surface area contributed by atoms with Gasteiger partial charge in [0.05, 0.1) is 6.42 Å². The zero-order valence-electron chi connectivity index (χ0n) is 14.9. The lowest BCUT2D eigenvalue weighted by atomic mass is 10.0. The molecule has 26 heavy (non-hydrogen) atoms. The van der Waals surface area contributed by atoms with E-state index in [-0.39, 0.29) is 5.91 Å². The van der Waals surface area contributed by atoms with Crippen molar-refractivity contribution in [2.75, 3.05) is 19.6 Å². The molecule has 0 radical (unpaired) electrons. The summed E-state index contributed by atoms with van der Waals surface area (Å²) in [6, 6.07) is 18.6. The maximum Gasteiger partial charge on any atom is 0.224 e. The van der Waals surface area contributed by atoms with Gasteiger partial charge >= 0.3 is 0 Å². The quantitative estimate of drug-likeness (QED) is 0.767. The van der Waals surface area contributed by atoms with Crippen LogP contribution in [0.2, 0.25) is 0 Å². The van der Waals surface area contributed by atoms with E-state index in [9.17, 15) is 4.79 Å². The number of benzene rings is 2. The van der Waals surface area contributed by atoms with Crippen LogP contribution < -0.4 is 5.32 Å². The van der Waals surface area contributed by atoms with Gasteiger partial charge in [0.25, 0.3) is 0 Å². The van der Waals surface area contributed by atoms with Crippen molar-refractivity contribution in [3.05, 3.63) is 76.3 Å². The molecule has 1 aliphatic heterocycles. The summed E-state index contributed by atoms with van der Waals surface area (Å²) >= 11 is 3.51. The highest BCUT2D eigenvalue weighted by Crippen LogP contribution is 2.17. The Bertz CT molecular complexity index is 737. The summed E-state index contributed by atoms with van der Waals surface area (Å²) in [6.07, 6.45) is 6.86. The van der Waals surface area contributed by atoms with Crippen molar-refractivity contribution in [1.82, 2.24) is 10.2 Å². The van der Waals surface area contributed by atoms with Crippen molar-refractivity contribution < 1.29 is 4.79 Å². The third kappa shape index (κ3) is 5.82. The summed E-state index contributed by atoms with van der Waals surface area (Å²) in [5.41, 5.74) is 2.27. The van der Waals surface area contributed by atoms with Crippen molar-refractivity contribution in [2.45, 2.75) is 25.3 Å². The molecule has 1 fully saturated rings.